The Morgan fingerprint density at radius 1 is 0.704 bits per heavy atom. The van der Waals surface area contributed by atoms with Crippen LogP contribution in [0.15, 0.2) is 91.0 Å². The van der Waals surface area contributed by atoms with Crippen LogP contribution >= 0.6 is 7.92 Å². The maximum atomic E-state index is 9.87. The molecule has 3 rings (SSSR count). The van der Waals surface area contributed by atoms with Crippen molar-refractivity contribution in [2.24, 2.45) is 0 Å². The van der Waals surface area contributed by atoms with Crippen molar-refractivity contribution in [3.8, 4) is 0 Å². The van der Waals surface area contributed by atoms with Gasteiger partial charge in [0.15, 0.2) is 0 Å². The molecule has 0 fully saturated rings. The molecule has 2 nitrogen and oxygen atoms in total. The fourth-order valence-corrected chi connectivity index (χ4v) is 5.01. The zero-order valence-corrected chi connectivity index (χ0v) is 16.7. The molecule has 0 spiro atoms. The summed E-state index contributed by atoms with van der Waals surface area (Å²) in [6, 6.07) is 32.3. The van der Waals surface area contributed by atoms with Crippen molar-refractivity contribution < 1.29 is 9.90 Å². The summed E-state index contributed by atoms with van der Waals surface area (Å²) in [6.45, 7) is 2.06. The van der Waals surface area contributed by atoms with Gasteiger partial charge in [0.2, 0.25) is 0 Å². The monoisotopic (exact) mass is 378 g/mol. The average molecular weight is 378 g/mol. The highest BCUT2D eigenvalue weighted by atomic mass is 31.1. The van der Waals surface area contributed by atoms with Crippen molar-refractivity contribution in [3.05, 3.63) is 91.0 Å². The molecule has 0 aliphatic heterocycles. The fraction of sp³-hybridized carbons (Fsp3) is 0.208. The number of rotatable bonds is 7. The van der Waals surface area contributed by atoms with Crippen LogP contribution in [0, 0.1) is 0 Å². The minimum Gasteiger partial charge on any atom is -0.481 e. The lowest BCUT2D eigenvalue weighted by molar-refractivity contribution is -0.137. The summed E-state index contributed by atoms with van der Waals surface area (Å²) in [4.78, 5) is 9.87. The number of carboxylic acids is 1. The van der Waals surface area contributed by atoms with Crippen LogP contribution in [0.25, 0.3) is 0 Å². The lowest BCUT2D eigenvalue weighted by Crippen LogP contribution is -2.20. The second-order valence-electron chi connectivity index (χ2n) is 6.19. The van der Waals surface area contributed by atoms with Gasteiger partial charge in [-0.1, -0.05) is 111 Å². The van der Waals surface area contributed by atoms with E-state index in [0.717, 1.165) is 19.3 Å². The molecule has 3 aromatic carbocycles. The summed E-state index contributed by atoms with van der Waals surface area (Å²) in [5.41, 5.74) is 0. The molecule has 0 bridgehead atoms. The van der Waals surface area contributed by atoms with Gasteiger partial charge in [-0.15, -0.1) is 0 Å². The van der Waals surface area contributed by atoms with Crippen LogP contribution in [0.2, 0.25) is 0 Å². The Bertz CT molecular complexity index is 679. The first-order valence-corrected chi connectivity index (χ1v) is 10.7. The Hall–Kier alpha value is -2.44. The van der Waals surface area contributed by atoms with Gasteiger partial charge in [-0.2, -0.15) is 0 Å². The maximum absolute atomic E-state index is 9.87. The molecule has 140 valence electrons. The standard InChI is InChI=1S/C18H15P.C6H12O2/c1-4-10-16(11-5-1)19(17-12-6-2-7-13-17)18-14-8-3-9-15-18;1-2-3-4-5-6(7)8/h1-15H;2-5H2,1H3,(H,7,8). The van der Waals surface area contributed by atoms with E-state index in [0.29, 0.717) is 6.42 Å². The van der Waals surface area contributed by atoms with Crippen LogP contribution < -0.4 is 15.9 Å². The van der Waals surface area contributed by atoms with Crippen LogP contribution in [0.1, 0.15) is 32.6 Å². The predicted octanol–water partition coefficient (Wildman–Crippen LogP) is 5.10. The lowest BCUT2D eigenvalue weighted by Gasteiger charge is -2.18. The van der Waals surface area contributed by atoms with Gasteiger partial charge in [0.25, 0.3) is 0 Å². The minimum absolute atomic E-state index is 0.327. The van der Waals surface area contributed by atoms with Crippen molar-refractivity contribution in [3.63, 3.8) is 0 Å². The zero-order chi connectivity index (χ0) is 19.3. The number of unbranched alkanes of at least 4 members (excludes halogenated alkanes) is 2. The largest absolute Gasteiger partial charge is 0.481 e. The highest BCUT2D eigenvalue weighted by Gasteiger charge is 2.14. The first-order valence-electron chi connectivity index (χ1n) is 9.39. The van der Waals surface area contributed by atoms with E-state index in [2.05, 4.69) is 97.9 Å². The molecule has 27 heavy (non-hydrogen) atoms. The number of hydrogen-bond donors (Lipinski definition) is 1. The third-order valence-corrected chi connectivity index (χ3v) is 6.48. The smallest absolute Gasteiger partial charge is 0.303 e. The van der Waals surface area contributed by atoms with E-state index in [9.17, 15) is 4.79 Å². The first-order chi connectivity index (χ1) is 13.2. The minimum atomic E-state index is -0.682. The van der Waals surface area contributed by atoms with E-state index >= 15 is 0 Å². The number of benzene rings is 3. The van der Waals surface area contributed by atoms with Crippen molar-refractivity contribution in [1.82, 2.24) is 0 Å². The van der Waals surface area contributed by atoms with Crippen LogP contribution in [0.4, 0.5) is 0 Å². The fourth-order valence-electron chi connectivity index (χ4n) is 2.70. The Kier molecular flexibility index (Phi) is 9.30. The molecule has 0 heterocycles. The van der Waals surface area contributed by atoms with Gasteiger partial charge in [0.05, 0.1) is 0 Å². The summed E-state index contributed by atoms with van der Waals surface area (Å²) in [6.07, 6.45) is 3.28. The topological polar surface area (TPSA) is 37.3 Å². The molecule has 0 atom stereocenters. The average Bonchev–Trinajstić information content (AvgIpc) is 2.71. The molecule has 0 radical (unpaired) electrons. The van der Waals surface area contributed by atoms with Crippen LogP contribution in [0.3, 0.4) is 0 Å². The highest BCUT2D eigenvalue weighted by Crippen LogP contribution is 2.32. The predicted molar refractivity (Wildman–Crippen MR) is 117 cm³/mol. The van der Waals surface area contributed by atoms with Gasteiger partial charge in [-0.3, -0.25) is 4.79 Å². The van der Waals surface area contributed by atoms with E-state index in [4.69, 9.17) is 5.11 Å². The lowest BCUT2D eigenvalue weighted by atomic mass is 10.2. The third-order valence-electron chi connectivity index (χ3n) is 4.04. The van der Waals surface area contributed by atoms with Gasteiger partial charge in [-0.25, -0.2) is 0 Å². The number of hydrogen-bond acceptors (Lipinski definition) is 1. The summed E-state index contributed by atoms with van der Waals surface area (Å²) < 4.78 is 0. The third kappa shape index (κ3) is 7.37. The van der Waals surface area contributed by atoms with E-state index in [1.54, 1.807) is 0 Å². The molecule has 3 heteroatoms. The Labute approximate surface area is 163 Å². The van der Waals surface area contributed by atoms with Crippen molar-refractivity contribution in [2.45, 2.75) is 32.6 Å². The molecule has 0 saturated heterocycles. The number of carbonyl (C=O) groups is 1. The van der Waals surface area contributed by atoms with Crippen molar-refractivity contribution >= 4 is 29.8 Å². The quantitative estimate of drug-likeness (QED) is 0.459. The first kappa shape index (κ1) is 20.9. The van der Waals surface area contributed by atoms with Gasteiger partial charge >= 0.3 is 5.97 Å². The molecular formula is C24H27O2P. The molecule has 0 aliphatic rings. The second kappa shape index (κ2) is 12.0. The molecular weight excluding hydrogens is 351 g/mol. The number of carboxylic acid groups (broad SMARTS) is 1. The van der Waals surface area contributed by atoms with Gasteiger partial charge in [-0.05, 0) is 30.3 Å². The van der Waals surface area contributed by atoms with E-state index < -0.39 is 13.9 Å². The molecule has 0 unspecified atom stereocenters. The second-order valence-corrected chi connectivity index (χ2v) is 8.41. The number of aliphatic carboxylic acids is 1. The summed E-state index contributed by atoms with van der Waals surface area (Å²) >= 11 is 0. The Balaban J connectivity index is 0.000000279. The molecule has 0 aliphatic carbocycles. The SMILES string of the molecule is CCCCCC(=O)O.c1ccc(P(c2ccccc2)c2ccccc2)cc1. The van der Waals surface area contributed by atoms with E-state index in [-0.39, 0.29) is 0 Å². The summed E-state index contributed by atoms with van der Waals surface area (Å²) in [7, 11) is -0.446. The molecule has 0 aromatic heterocycles. The Morgan fingerprint density at radius 3 is 1.37 bits per heavy atom. The summed E-state index contributed by atoms with van der Waals surface area (Å²) in [5, 5.41) is 12.3. The molecule has 0 saturated carbocycles. The van der Waals surface area contributed by atoms with E-state index in [1.165, 1.54) is 15.9 Å². The van der Waals surface area contributed by atoms with Crippen LogP contribution in [-0.2, 0) is 4.79 Å². The molecule has 1 N–H and O–H groups in total. The van der Waals surface area contributed by atoms with Crippen molar-refractivity contribution in [2.75, 3.05) is 0 Å². The van der Waals surface area contributed by atoms with Crippen LogP contribution in [0.5, 0.6) is 0 Å². The molecule has 0 amide bonds. The summed E-state index contributed by atoms with van der Waals surface area (Å²) in [5.74, 6) is -0.682. The van der Waals surface area contributed by atoms with Crippen molar-refractivity contribution in [1.29, 1.82) is 0 Å². The van der Waals surface area contributed by atoms with Gasteiger partial charge in [0, 0.05) is 6.42 Å². The highest BCUT2D eigenvalue weighted by molar-refractivity contribution is 7.79. The van der Waals surface area contributed by atoms with Gasteiger partial charge < -0.3 is 5.11 Å². The van der Waals surface area contributed by atoms with Crippen LogP contribution in [-0.4, -0.2) is 11.1 Å². The maximum Gasteiger partial charge on any atom is 0.303 e. The van der Waals surface area contributed by atoms with E-state index in [1.807, 2.05) is 0 Å². The Morgan fingerprint density at radius 2 is 1.07 bits per heavy atom. The molecule has 3 aromatic rings. The van der Waals surface area contributed by atoms with Gasteiger partial charge in [0.1, 0.15) is 0 Å². The normalized spacial score (nSPS) is 10.1. The zero-order valence-electron chi connectivity index (χ0n) is 15.8.